The van der Waals surface area contributed by atoms with E-state index in [2.05, 4.69) is 5.32 Å². The number of hydrogen-bond acceptors (Lipinski definition) is 11. The minimum absolute atomic E-state index is 0.0128. The predicted molar refractivity (Wildman–Crippen MR) is 162 cm³/mol. The molecule has 248 valence electrons. The molecule has 14 heteroatoms. The number of alkyl carbamates (subject to hydrolysis) is 1. The van der Waals surface area contributed by atoms with Gasteiger partial charge in [-0.1, -0.05) is 26.0 Å². The number of sulfonamides is 1. The van der Waals surface area contributed by atoms with Gasteiger partial charge in [-0.05, 0) is 61.6 Å². The topological polar surface area (TPSA) is 168 Å². The summed E-state index contributed by atoms with van der Waals surface area (Å²) in [6.07, 6.45) is -1.24. The van der Waals surface area contributed by atoms with Crippen molar-refractivity contribution in [2.45, 2.75) is 62.5 Å². The summed E-state index contributed by atoms with van der Waals surface area (Å²) in [7, 11) is -4.05. The van der Waals surface area contributed by atoms with Crippen molar-refractivity contribution in [1.82, 2.24) is 9.62 Å². The van der Waals surface area contributed by atoms with Gasteiger partial charge in [0, 0.05) is 19.2 Å². The van der Waals surface area contributed by atoms with Gasteiger partial charge in [-0.3, -0.25) is 0 Å². The summed E-state index contributed by atoms with van der Waals surface area (Å²) in [6, 6.07) is 10.8. The molecule has 45 heavy (non-hydrogen) atoms. The van der Waals surface area contributed by atoms with Gasteiger partial charge in [0.05, 0.1) is 42.8 Å². The van der Waals surface area contributed by atoms with E-state index in [1.807, 2.05) is 26.0 Å². The molecular weight excluding hydrogens is 606 g/mol. The third-order valence-corrected chi connectivity index (χ3v) is 9.78. The minimum atomic E-state index is -4.05. The molecule has 0 bridgehead atoms. The molecule has 1 amide bonds. The molecule has 0 radical (unpaired) electrons. The Hall–Kier alpha value is -3.14. The van der Waals surface area contributed by atoms with E-state index in [9.17, 15) is 18.3 Å². The Bertz CT molecular complexity index is 1390. The average Bonchev–Trinajstić information content (AvgIpc) is 3.76. The molecule has 0 spiro atoms. The van der Waals surface area contributed by atoms with E-state index in [0.717, 1.165) is 18.4 Å². The van der Waals surface area contributed by atoms with E-state index in [0.29, 0.717) is 37.0 Å². The van der Waals surface area contributed by atoms with Crippen molar-refractivity contribution in [1.29, 1.82) is 0 Å². The maximum Gasteiger partial charge on any atom is 0.407 e. The first-order chi connectivity index (χ1) is 21.6. The molecule has 0 aromatic heterocycles. The van der Waals surface area contributed by atoms with E-state index < -0.39 is 34.4 Å². The molecule has 2 aromatic carbocycles. The van der Waals surface area contributed by atoms with Gasteiger partial charge in [0.2, 0.25) is 16.8 Å². The summed E-state index contributed by atoms with van der Waals surface area (Å²) in [5.41, 5.74) is 6.34. The van der Waals surface area contributed by atoms with E-state index >= 15 is 0 Å². The normalized spacial score (nSPS) is 22.0. The second-order valence-corrected chi connectivity index (χ2v) is 13.8. The molecule has 13 nitrogen and oxygen atoms in total. The first-order valence-corrected chi connectivity index (χ1v) is 16.8. The standard InChI is InChI=1S/C31H43N3O10S/c1-20(2)16-34(45(37,38)23-8-9-27-28(15-23)43-19-42-27)17-26(35)25(14-21-4-6-22(7-5-21)39-12-3-11-32)33-31(36)44-29-18-41-30-24(29)10-13-40-30/h4-9,15,20,24-26,29-30,35H,3,10-14,16-19,32H2,1-2H3,(H,33,36)/t24-,25-,26+,29+,30+/m0/s1. The zero-order valence-electron chi connectivity index (χ0n) is 25.6. The van der Waals surface area contributed by atoms with Crippen LogP contribution in [-0.4, -0.2) is 94.7 Å². The van der Waals surface area contributed by atoms with Gasteiger partial charge in [-0.15, -0.1) is 0 Å². The van der Waals surface area contributed by atoms with Crippen LogP contribution in [0.1, 0.15) is 32.3 Å². The van der Waals surface area contributed by atoms with Gasteiger partial charge in [0.25, 0.3) is 0 Å². The highest BCUT2D eigenvalue weighted by atomic mass is 32.2. The highest BCUT2D eigenvalue weighted by molar-refractivity contribution is 7.89. The van der Waals surface area contributed by atoms with E-state index in [4.69, 9.17) is 34.2 Å². The Morgan fingerprint density at radius 1 is 1.11 bits per heavy atom. The molecule has 2 fully saturated rings. The second-order valence-electron chi connectivity index (χ2n) is 11.9. The number of aliphatic hydroxyl groups is 1. The van der Waals surface area contributed by atoms with Gasteiger partial charge < -0.3 is 44.6 Å². The number of nitrogens with zero attached hydrogens (tertiary/aromatic N) is 1. The van der Waals surface area contributed by atoms with Crippen LogP contribution in [0.5, 0.6) is 17.2 Å². The maximum absolute atomic E-state index is 13.8. The summed E-state index contributed by atoms with van der Waals surface area (Å²) >= 11 is 0. The number of amides is 1. The average molecular weight is 650 g/mol. The number of aliphatic hydroxyl groups excluding tert-OH is 1. The highest BCUT2D eigenvalue weighted by Crippen LogP contribution is 2.35. The number of hydrogen-bond donors (Lipinski definition) is 3. The molecule has 4 N–H and O–H groups in total. The monoisotopic (exact) mass is 649 g/mol. The van der Waals surface area contributed by atoms with Crippen LogP contribution >= 0.6 is 0 Å². The van der Waals surface area contributed by atoms with E-state index in [1.165, 1.54) is 16.4 Å². The summed E-state index contributed by atoms with van der Waals surface area (Å²) in [5.74, 6) is 1.37. The van der Waals surface area contributed by atoms with Crippen molar-refractivity contribution in [3.63, 3.8) is 0 Å². The predicted octanol–water partition coefficient (Wildman–Crippen LogP) is 2.25. The zero-order valence-corrected chi connectivity index (χ0v) is 26.4. The number of carbonyl (C=O) groups is 1. The second kappa shape index (κ2) is 15.0. The number of carbonyl (C=O) groups excluding carboxylic acids is 1. The summed E-state index contributed by atoms with van der Waals surface area (Å²) in [4.78, 5) is 13.2. The van der Waals surface area contributed by atoms with E-state index in [1.54, 1.807) is 18.2 Å². The van der Waals surface area contributed by atoms with Crippen molar-refractivity contribution in [3.05, 3.63) is 48.0 Å². The first kappa shape index (κ1) is 33.2. The Morgan fingerprint density at radius 3 is 2.64 bits per heavy atom. The third-order valence-electron chi connectivity index (χ3n) is 7.95. The Balaban J connectivity index is 1.33. The van der Waals surface area contributed by atoms with Crippen molar-refractivity contribution < 1.29 is 46.7 Å². The molecule has 5 rings (SSSR count). The SMILES string of the molecule is CC(C)CN(C[C@@H](O)[C@H](Cc1ccc(OCCCN)cc1)NC(=O)O[C@@H]1CO[C@H]2OCC[C@H]21)S(=O)(=O)c1ccc2c(c1)OCO2. The number of rotatable bonds is 15. The van der Waals surface area contributed by atoms with Crippen molar-refractivity contribution in [3.8, 4) is 17.2 Å². The van der Waals surface area contributed by atoms with Crippen molar-refractivity contribution in [2.24, 2.45) is 17.6 Å². The molecule has 5 atom stereocenters. The van der Waals surface area contributed by atoms with Gasteiger partial charge in [-0.2, -0.15) is 4.31 Å². The van der Waals surface area contributed by atoms with Crippen LogP contribution < -0.4 is 25.3 Å². The Labute approximate surface area is 263 Å². The number of fused-ring (bicyclic) bond motifs is 2. The first-order valence-electron chi connectivity index (χ1n) is 15.3. The fourth-order valence-electron chi connectivity index (χ4n) is 5.60. The zero-order chi connectivity index (χ0) is 32.0. The lowest BCUT2D eigenvalue weighted by molar-refractivity contribution is -0.0907. The molecule has 0 aliphatic carbocycles. The van der Waals surface area contributed by atoms with Crippen LogP contribution in [0, 0.1) is 11.8 Å². The van der Waals surface area contributed by atoms with Crippen molar-refractivity contribution >= 4 is 16.1 Å². The van der Waals surface area contributed by atoms with E-state index in [-0.39, 0.29) is 55.9 Å². The fraction of sp³-hybridized carbons (Fsp3) is 0.581. The molecule has 3 heterocycles. The van der Waals surface area contributed by atoms with Crippen molar-refractivity contribution in [2.75, 3.05) is 46.2 Å². The lowest BCUT2D eigenvalue weighted by atomic mass is 10.0. The van der Waals surface area contributed by atoms with Gasteiger partial charge in [0.1, 0.15) is 11.9 Å². The summed E-state index contributed by atoms with van der Waals surface area (Å²) in [6.45, 7) is 5.44. The van der Waals surface area contributed by atoms with Crippen LogP contribution in [0.2, 0.25) is 0 Å². The largest absolute Gasteiger partial charge is 0.494 e. The van der Waals surface area contributed by atoms with Crippen LogP contribution in [0.25, 0.3) is 0 Å². The minimum Gasteiger partial charge on any atom is -0.494 e. The quantitative estimate of drug-likeness (QED) is 0.242. The fourth-order valence-corrected chi connectivity index (χ4v) is 7.24. The molecular formula is C31H43N3O10S. The maximum atomic E-state index is 13.8. The molecule has 2 aromatic rings. The smallest absolute Gasteiger partial charge is 0.407 e. The van der Waals surface area contributed by atoms with Crippen LogP contribution in [0.15, 0.2) is 47.4 Å². The number of ether oxygens (including phenoxy) is 6. The lowest BCUT2D eigenvalue weighted by Gasteiger charge is -2.31. The molecule has 3 aliphatic rings. The van der Waals surface area contributed by atoms with Crippen LogP contribution in [0.4, 0.5) is 4.79 Å². The molecule has 3 aliphatic heterocycles. The molecule has 0 unspecified atom stereocenters. The number of nitrogens with one attached hydrogen (secondary N) is 1. The Kier molecular flexibility index (Phi) is 11.1. The lowest BCUT2D eigenvalue weighted by Crippen LogP contribution is -2.51. The molecule has 0 saturated carbocycles. The Morgan fingerprint density at radius 2 is 1.89 bits per heavy atom. The van der Waals surface area contributed by atoms with Gasteiger partial charge in [-0.25, -0.2) is 13.2 Å². The van der Waals surface area contributed by atoms with Gasteiger partial charge >= 0.3 is 6.09 Å². The third kappa shape index (κ3) is 8.37. The van der Waals surface area contributed by atoms with Gasteiger partial charge in [0.15, 0.2) is 17.8 Å². The van der Waals surface area contributed by atoms with Crippen LogP contribution in [-0.2, 0) is 30.7 Å². The molecule has 2 saturated heterocycles. The number of benzene rings is 2. The summed E-state index contributed by atoms with van der Waals surface area (Å²) < 4.78 is 62.2. The summed E-state index contributed by atoms with van der Waals surface area (Å²) in [5, 5.41) is 14.4. The van der Waals surface area contributed by atoms with Crippen LogP contribution in [0.3, 0.4) is 0 Å². The number of nitrogens with two attached hydrogens (primary N) is 1. The highest BCUT2D eigenvalue weighted by Gasteiger charge is 2.44.